The van der Waals surface area contributed by atoms with Gasteiger partial charge in [-0.05, 0) is 29.8 Å². The first-order chi connectivity index (χ1) is 13.6. The smallest absolute Gasteiger partial charge is 0.273 e. The zero-order valence-electron chi connectivity index (χ0n) is 14.3. The Bertz CT molecular complexity index is 1310. The molecule has 0 bridgehead atoms. The molecule has 4 aromatic rings. The van der Waals surface area contributed by atoms with Crippen molar-refractivity contribution in [1.29, 1.82) is 5.26 Å². The summed E-state index contributed by atoms with van der Waals surface area (Å²) in [7, 11) is 0. The lowest BCUT2D eigenvalue weighted by Crippen LogP contribution is -2.21. The van der Waals surface area contributed by atoms with Crippen LogP contribution < -0.4 is 5.56 Å². The maximum Gasteiger partial charge on any atom is 0.273 e. The summed E-state index contributed by atoms with van der Waals surface area (Å²) in [5.74, 6) is 0. The molecule has 134 valence electrons. The Kier molecular flexibility index (Phi) is 4.10. The summed E-state index contributed by atoms with van der Waals surface area (Å²) < 4.78 is 1.38. The quantitative estimate of drug-likeness (QED) is 0.404. The molecule has 0 aliphatic carbocycles. The molecule has 0 amide bonds. The number of rotatable bonds is 3. The summed E-state index contributed by atoms with van der Waals surface area (Å²) in [5, 5.41) is 20.9. The van der Waals surface area contributed by atoms with Gasteiger partial charge in [-0.3, -0.25) is 19.5 Å². The Balaban J connectivity index is 2.01. The van der Waals surface area contributed by atoms with Crippen molar-refractivity contribution in [2.45, 2.75) is 0 Å². The van der Waals surface area contributed by atoms with Gasteiger partial charge >= 0.3 is 0 Å². The molecule has 0 aliphatic rings. The topological polar surface area (TPSA) is 115 Å². The fourth-order valence-electron chi connectivity index (χ4n) is 2.99. The van der Waals surface area contributed by atoms with Crippen molar-refractivity contribution in [3.63, 3.8) is 0 Å². The van der Waals surface area contributed by atoms with Gasteiger partial charge in [0, 0.05) is 41.2 Å². The van der Waals surface area contributed by atoms with E-state index >= 15 is 0 Å². The van der Waals surface area contributed by atoms with Crippen LogP contribution in [0.25, 0.3) is 27.7 Å². The van der Waals surface area contributed by atoms with Crippen molar-refractivity contribution in [3.8, 4) is 22.9 Å². The molecule has 0 radical (unpaired) electrons. The first kappa shape index (κ1) is 17.1. The second-order valence-electron chi connectivity index (χ2n) is 5.98. The molecule has 0 atom stereocenters. The van der Waals surface area contributed by atoms with Crippen LogP contribution in [0.15, 0.2) is 72.0 Å². The maximum absolute atomic E-state index is 12.9. The van der Waals surface area contributed by atoms with Gasteiger partial charge in [0.1, 0.15) is 18.0 Å². The summed E-state index contributed by atoms with van der Waals surface area (Å²) in [6.07, 6.45) is 4.74. The van der Waals surface area contributed by atoms with Crippen LogP contribution in [0.1, 0.15) is 5.56 Å². The molecule has 2 heterocycles. The molecule has 0 aliphatic heterocycles. The van der Waals surface area contributed by atoms with Crippen molar-refractivity contribution in [2.24, 2.45) is 0 Å². The van der Waals surface area contributed by atoms with Gasteiger partial charge in [-0.2, -0.15) is 5.26 Å². The van der Waals surface area contributed by atoms with E-state index in [0.717, 1.165) is 11.1 Å². The van der Waals surface area contributed by atoms with E-state index in [4.69, 9.17) is 0 Å². The Labute approximate surface area is 158 Å². The lowest BCUT2D eigenvalue weighted by Gasteiger charge is -2.12. The van der Waals surface area contributed by atoms with Crippen LogP contribution in [0, 0.1) is 21.4 Å². The molecule has 8 nitrogen and oxygen atoms in total. The lowest BCUT2D eigenvalue weighted by molar-refractivity contribution is -0.384. The van der Waals surface area contributed by atoms with Gasteiger partial charge < -0.3 is 0 Å². The highest BCUT2D eigenvalue weighted by atomic mass is 16.6. The highest BCUT2D eigenvalue weighted by Gasteiger charge is 2.13. The second-order valence-corrected chi connectivity index (χ2v) is 5.98. The summed E-state index contributed by atoms with van der Waals surface area (Å²) in [5.41, 5.74) is 1.98. The molecule has 8 heteroatoms. The zero-order valence-corrected chi connectivity index (χ0v) is 14.3. The molecule has 2 aromatic heterocycles. The predicted octanol–water partition coefficient (Wildman–Crippen LogP) is 3.23. The summed E-state index contributed by atoms with van der Waals surface area (Å²) in [6, 6.07) is 14.5. The fourth-order valence-corrected chi connectivity index (χ4v) is 2.99. The minimum atomic E-state index is -0.510. The van der Waals surface area contributed by atoms with E-state index < -0.39 is 10.5 Å². The number of hydrogen-bond donors (Lipinski definition) is 0. The van der Waals surface area contributed by atoms with Crippen LogP contribution in [0.4, 0.5) is 5.69 Å². The van der Waals surface area contributed by atoms with Crippen LogP contribution in [-0.2, 0) is 0 Å². The number of hydrogen-bond acceptors (Lipinski definition) is 6. The van der Waals surface area contributed by atoms with E-state index in [2.05, 4.69) is 9.97 Å². The van der Waals surface area contributed by atoms with Crippen LogP contribution in [0.3, 0.4) is 0 Å². The average molecular weight is 369 g/mol. The monoisotopic (exact) mass is 369 g/mol. The van der Waals surface area contributed by atoms with Gasteiger partial charge in [-0.1, -0.05) is 12.1 Å². The molecule has 28 heavy (non-hydrogen) atoms. The molecule has 2 aromatic carbocycles. The third-order valence-corrected chi connectivity index (χ3v) is 4.34. The zero-order chi connectivity index (χ0) is 19.7. The van der Waals surface area contributed by atoms with Crippen LogP contribution in [0.2, 0.25) is 0 Å². The molecular formula is C20H11N5O3. The Morgan fingerprint density at radius 1 is 1.00 bits per heavy atom. The van der Waals surface area contributed by atoms with E-state index in [-0.39, 0.29) is 11.3 Å². The van der Waals surface area contributed by atoms with Crippen LogP contribution in [-0.4, -0.2) is 19.5 Å². The number of pyridine rings is 1. The second kappa shape index (κ2) is 6.74. The summed E-state index contributed by atoms with van der Waals surface area (Å²) >= 11 is 0. The third-order valence-electron chi connectivity index (χ3n) is 4.34. The van der Waals surface area contributed by atoms with Crippen molar-refractivity contribution in [1.82, 2.24) is 14.5 Å². The minimum Gasteiger partial charge on any atom is -0.276 e. The van der Waals surface area contributed by atoms with Crippen molar-refractivity contribution < 1.29 is 4.92 Å². The molecule has 0 saturated heterocycles. The number of nitriles is 1. The predicted molar refractivity (Wildman–Crippen MR) is 102 cm³/mol. The molecule has 0 saturated carbocycles. The maximum atomic E-state index is 12.9. The molecule has 0 fully saturated rings. The van der Waals surface area contributed by atoms with Gasteiger partial charge in [0.2, 0.25) is 0 Å². The molecular weight excluding hydrogens is 358 g/mol. The number of non-ortho nitro benzene ring substituents is 1. The van der Waals surface area contributed by atoms with Gasteiger partial charge in [-0.15, -0.1) is 0 Å². The SMILES string of the molecule is N#Cc1cc2ccc(-c3cncnc3)cc2n(-c2ccc([N+](=O)[O-])cc2)c1=O. The standard InChI is InChI=1S/C20H11N5O3/c21-9-15-7-14-2-1-13(16-10-22-12-23-11-16)8-19(14)24(20(15)26)17-3-5-18(6-4-17)25(27)28/h1-8,10-12H. The van der Waals surface area contributed by atoms with Crippen molar-refractivity contribution in [2.75, 3.05) is 0 Å². The Morgan fingerprint density at radius 2 is 1.71 bits per heavy atom. The number of nitro groups is 1. The van der Waals surface area contributed by atoms with Crippen LogP contribution >= 0.6 is 0 Å². The van der Waals surface area contributed by atoms with Crippen molar-refractivity contribution >= 4 is 16.6 Å². The van der Waals surface area contributed by atoms with E-state index in [1.165, 1.54) is 41.2 Å². The number of benzene rings is 2. The number of fused-ring (bicyclic) bond motifs is 1. The van der Waals surface area contributed by atoms with Gasteiger partial charge in [0.25, 0.3) is 11.2 Å². The molecule has 4 rings (SSSR count). The minimum absolute atomic E-state index is 0.0124. The van der Waals surface area contributed by atoms with E-state index in [9.17, 15) is 20.2 Å². The summed E-state index contributed by atoms with van der Waals surface area (Å²) in [6.45, 7) is 0. The first-order valence-electron chi connectivity index (χ1n) is 8.18. The Hall–Kier alpha value is -4.38. The fraction of sp³-hybridized carbons (Fsp3) is 0. The first-order valence-corrected chi connectivity index (χ1v) is 8.18. The number of nitro benzene ring substituents is 1. The molecule has 0 N–H and O–H groups in total. The summed E-state index contributed by atoms with van der Waals surface area (Å²) in [4.78, 5) is 31.3. The van der Waals surface area contributed by atoms with E-state index in [1.54, 1.807) is 24.5 Å². The molecule has 0 spiro atoms. The molecule has 0 unspecified atom stereocenters. The van der Waals surface area contributed by atoms with Gasteiger partial charge in [-0.25, -0.2) is 9.97 Å². The van der Waals surface area contributed by atoms with Crippen molar-refractivity contribution in [3.05, 3.63) is 93.3 Å². The highest BCUT2D eigenvalue weighted by molar-refractivity contribution is 5.86. The number of nitrogens with zero attached hydrogens (tertiary/aromatic N) is 5. The number of aromatic nitrogens is 3. The average Bonchev–Trinajstić information content (AvgIpc) is 2.73. The highest BCUT2D eigenvalue weighted by Crippen LogP contribution is 2.25. The lowest BCUT2D eigenvalue weighted by atomic mass is 10.0. The van der Waals surface area contributed by atoms with Crippen LogP contribution in [0.5, 0.6) is 0 Å². The van der Waals surface area contributed by atoms with Gasteiger partial charge in [0.15, 0.2) is 0 Å². The van der Waals surface area contributed by atoms with E-state index in [1.807, 2.05) is 12.1 Å². The normalized spacial score (nSPS) is 10.5. The van der Waals surface area contributed by atoms with E-state index in [0.29, 0.717) is 16.6 Å². The largest absolute Gasteiger partial charge is 0.276 e. The Morgan fingerprint density at radius 3 is 2.36 bits per heavy atom. The third kappa shape index (κ3) is 2.87. The van der Waals surface area contributed by atoms with Gasteiger partial charge in [0.05, 0.1) is 10.4 Å².